The Morgan fingerprint density at radius 2 is 2.04 bits per heavy atom. The van der Waals surface area contributed by atoms with Gasteiger partial charge in [0.2, 0.25) is 10.0 Å². The van der Waals surface area contributed by atoms with E-state index in [0.29, 0.717) is 18.4 Å². The zero-order chi connectivity index (χ0) is 20.0. The average molecular weight is 398 g/mol. The maximum absolute atomic E-state index is 13.8. The van der Waals surface area contributed by atoms with Crippen LogP contribution in [0.3, 0.4) is 0 Å². The lowest BCUT2D eigenvalue weighted by Gasteiger charge is -2.14. The van der Waals surface area contributed by atoms with Gasteiger partial charge in [-0.3, -0.25) is 9.78 Å². The largest absolute Gasteiger partial charge is 0.375 e. The fourth-order valence-electron chi connectivity index (χ4n) is 2.15. The zero-order valence-corrected chi connectivity index (χ0v) is 15.0. The van der Waals surface area contributed by atoms with Crippen molar-refractivity contribution in [3.05, 3.63) is 65.0 Å². The van der Waals surface area contributed by atoms with Gasteiger partial charge in [0.15, 0.2) is 5.25 Å². The highest BCUT2D eigenvalue weighted by Crippen LogP contribution is 2.23. The molecule has 7 nitrogen and oxygen atoms in total. The topological polar surface area (TPSA) is 102 Å². The van der Waals surface area contributed by atoms with Crippen LogP contribution in [-0.4, -0.2) is 32.2 Å². The van der Waals surface area contributed by atoms with Gasteiger partial charge in [-0.1, -0.05) is 6.07 Å². The number of carbonyl (C=O) groups excluding carboxylic acids is 2. The van der Waals surface area contributed by atoms with Crippen LogP contribution in [0, 0.1) is 11.6 Å². The Morgan fingerprint density at radius 3 is 2.59 bits per heavy atom. The first kappa shape index (κ1) is 20.6. The number of carbonyl (C=O) groups is 2. The molecule has 144 valence electrons. The molecule has 0 fully saturated rings. The summed E-state index contributed by atoms with van der Waals surface area (Å²) in [5.41, 5.74) is -0.115. The number of pyridine rings is 1. The van der Waals surface area contributed by atoms with Crippen molar-refractivity contribution in [3.8, 4) is 0 Å². The highest BCUT2D eigenvalue weighted by atomic mass is 32.2. The minimum absolute atomic E-state index is 0.0463. The van der Waals surface area contributed by atoms with E-state index in [1.807, 2.05) is 0 Å². The van der Waals surface area contributed by atoms with E-state index in [4.69, 9.17) is 4.74 Å². The highest BCUT2D eigenvalue weighted by molar-refractivity contribution is 7.91. The number of amides is 1. The van der Waals surface area contributed by atoms with Gasteiger partial charge in [0.05, 0.1) is 17.9 Å². The summed E-state index contributed by atoms with van der Waals surface area (Å²) in [6.45, 7) is 2.52. The molecule has 1 aromatic heterocycles. The number of nitrogens with zero attached hydrogens (tertiary/aromatic N) is 1. The van der Waals surface area contributed by atoms with E-state index < -0.39 is 38.4 Å². The first-order valence-corrected chi connectivity index (χ1v) is 9.32. The molecule has 27 heavy (non-hydrogen) atoms. The van der Waals surface area contributed by atoms with Gasteiger partial charge in [-0.2, -0.15) is 0 Å². The van der Waals surface area contributed by atoms with Crippen molar-refractivity contribution < 1.29 is 31.5 Å². The number of ether oxygens (including phenoxy) is 1. The Balaban J connectivity index is 2.20. The third-order valence-corrected chi connectivity index (χ3v) is 5.01. The van der Waals surface area contributed by atoms with Gasteiger partial charge in [-0.15, -0.1) is 0 Å². The molecule has 0 spiro atoms. The molecule has 1 amide bonds. The summed E-state index contributed by atoms with van der Waals surface area (Å²) in [5.74, 6) is -3.19. The van der Waals surface area contributed by atoms with Crippen molar-refractivity contribution in [2.24, 2.45) is 0 Å². The third kappa shape index (κ3) is 5.14. The number of aromatic nitrogens is 1. The molecule has 0 saturated heterocycles. The second-order valence-electron chi connectivity index (χ2n) is 5.37. The number of sulfonamides is 1. The first-order valence-electron chi connectivity index (χ1n) is 7.77. The van der Waals surface area contributed by atoms with E-state index in [-0.39, 0.29) is 18.5 Å². The third-order valence-electron chi connectivity index (χ3n) is 3.50. The van der Waals surface area contributed by atoms with Crippen LogP contribution in [0.15, 0.2) is 36.5 Å². The maximum Gasteiger partial charge on any atom is 0.266 e. The van der Waals surface area contributed by atoms with Crippen molar-refractivity contribution in [2.45, 2.75) is 18.8 Å². The fraction of sp³-hybridized carbons (Fsp3) is 0.235. The lowest BCUT2D eigenvalue weighted by atomic mass is 10.1. The van der Waals surface area contributed by atoms with E-state index >= 15 is 0 Å². The number of aldehydes is 1. The molecule has 1 N–H and O–H groups in total. The van der Waals surface area contributed by atoms with Crippen molar-refractivity contribution >= 4 is 22.2 Å². The summed E-state index contributed by atoms with van der Waals surface area (Å²) < 4.78 is 58.3. The van der Waals surface area contributed by atoms with Crippen molar-refractivity contribution in [2.75, 3.05) is 6.61 Å². The summed E-state index contributed by atoms with van der Waals surface area (Å²) in [6.07, 6.45) is 1.10. The second kappa shape index (κ2) is 8.78. The molecule has 0 bridgehead atoms. The van der Waals surface area contributed by atoms with Gasteiger partial charge < -0.3 is 9.53 Å². The molecule has 1 aromatic carbocycles. The molecule has 10 heteroatoms. The Kier molecular flexibility index (Phi) is 6.70. The number of halogens is 2. The number of nitrogens with one attached hydrogen (secondary N) is 1. The van der Waals surface area contributed by atoms with Crippen LogP contribution in [0.5, 0.6) is 0 Å². The molecule has 2 aromatic rings. The van der Waals surface area contributed by atoms with Crippen LogP contribution in [0.25, 0.3) is 0 Å². The van der Waals surface area contributed by atoms with Crippen molar-refractivity contribution in [1.29, 1.82) is 0 Å². The molecule has 1 atom stereocenters. The van der Waals surface area contributed by atoms with Crippen LogP contribution < -0.4 is 4.72 Å². The standard InChI is InChI=1S/C17H16F2N2O5S/c1-2-26-10-13-5-3-11(8-20-13)17(23)21-27(24,25)16(9-22)14-6-4-12(18)7-15(14)19/h3-9,16H,2,10H2,1H3,(H,21,23). The summed E-state index contributed by atoms with van der Waals surface area (Å²) in [4.78, 5) is 27.3. The summed E-state index contributed by atoms with van der Waals surface area (Å²) in [6, 6.07) is 4.91. The quantitative estimate of drug-likeness (QED) is 0.682. The molecule has 0 radical (unpaired) electrons. The maximum atomic E-state index is 13.8. The van der Waals surface area contributed by atoms with Crippen LogP contribution in [0.4, 0.5) is 8.78 Å². The minimum Gasteiger partial charge on any atom is -0.375 e. The smallest absolute Gasteiger partial charge is 0.266 e. The van der Waals surface area contributed by atoms with Gasteiger partial charge in [0.1, 0.15) is 17.9 Å². The predicted molar refractivity (Wildman–Crippen MR) is 91.1 cm³/mol. The van der Waals surface area contributed by atoms with Gasteiger partial charge in [0.25, 0.3) is 5.91 Å². The van der Waals surface area contributed by atoms with Crippen LogP contribution >= 0.6 is 0 Å². The number of rotatable bonds is 8. The molecule has 0 aliphatic carbocycles. The molecular formula is C17H16F2N2O5S. The number of hydrogen-bond donors (Lipinski definition) is 1. The van der Waals surface area contributed by atoms with Crippen LogP contribution in [0.1, 0.15) is 33.8 Å². The van der Waals surface area contributed by atoms with E-state index in [2.05, 4.69) is 4.98 Å². The highest BCUT2D eigenvalue weighted by Gasteiger charge is 2.31. The van der Waals surface area contributed by atoms with Crippen LogP contribution in [-0.2, 0) is 26.2 Å². The summed E-state index contributed by atoms with van der Waals surface area (Å²) in [5, 5.41) is -2.02. The molecule has 0 aliphatic heterocycles. The van der Waals surface area contributed by atoms with E-state index in [0.717, 1.165) is 18.3 Å². The van der Waals surface area contributed by atoms with Crippen molar-refractivity contribution in [1.82, 2.24) is 9.71 Å². The number of benzene rings is 1. The van der Waals surface area contributed by atoms with Crippen molar-refractivity contribution in [3.63, 3.8) is 0 Å². The Hall–Kier alpha value is -2.72. The van der Waals surface area contributed by atoms with Gasteiger partial charge in [0, 0.05) is 24.4 Å². The Labute approximate surface area is 154 Å². The molecule has 1 unspecified atom stereocenters. The average Bonchev–Trinajstić information content (AvgIpc) is 2.62. The lowest BCUT2D eigenvalue weighted by Crippen LogP contribution is -2.35. The normalized spacial score (nSPS) is 12.4. The predicted octanol–water partition coefficient (Wildman–Crippen LogP) is 1.90. The van der Waals surface area contributed by atoms with Gasteiger partial charge >= 0.3 is 0 Å². The molecule has 0 aliphatic rings. The molecule has 0 saturated carbocycles. The Morgan fingerprint density at radius 1 is 1.30 bits per heavy atom. The second-order valence-corrected chi connectivity index (χ2v) is 7.18. The molecule has 1 heterocycles. The zero-order valence-electron chi connectivity index (χ0n) is 14.2. The van der Waals surface area contributed by atoms with Crippen LogP contribution in [0.2, 0.25) is 0 Å². The Bertz CT molecular complexity index is 933. The van der Waals surface area contributed by atoms with Gasteiger partial charge in [-0.25, -0.2) is 21.9 Å². The fourth-order valence-corrected chi connectivity index (χ4v) is 3.32. The monoisotopic (exact) mass is 398 g/mol. The van der Waals surface area contributed by atoms with Gasteiger partial charge in [-0.05, 0) is 25.1 Å². The minimum atomic E-state index is -4.62. The number of hydrogen-bond acceptors (Lipinski definition) is 6. The first-order chi connectivity index (χ1) is 12.8. The van der Waals surface area contributed by atoms with E-state index in [1.165, 1.54) is 12.1 Å². The van der Waals surface area contributed by atoms with E-state index in [1.54, 1.807) is 11.6 Å². The summed E-state index contributed by atoms with van der Waals surface area (Å²) >= 11 is 0. The summed E-state index contributed by atoms with van der Waals surface area (Å²) in [7, 11) is -4.62. The van der Waals surface area contributed by atoms with E-state index in [9.17, 15) is 26.8 Å². The molecule has 2 rings (SSSR count). The molecular weight excluding hydrogens is 382 g/mol. The lowest BCUT2D eigenvalue weighted by molar-refractivity contribution is -0.107. The SMILES string of the molecule is CCOCc1ccc(C(=O)NS(=O)(=O)C(C=O)c2ccc(F)cc2F)cn1.